The first-order valence-electron chi connectivity index (χ1n) is 10.2. The van der Waals surface area contributed by atoms with Crippen molar-refractivity contribution in [2.75, 3.05) is 59.4 Å². The highest BCUT2D eigenvalue weighted by molar-refractivity contribution is 5.11. The van der Waals surface area contributed by atoms with Crippen molar-refractivity contribution in [3.05, 3.63) is 29.6 Å². The van der Waals surface area contributed by atoms with Gasteiger partial charge in [-0.2, -0.15) is 0 Å². The molecule has 0 spiro atoms. The van der Waals surface area contributed by atoms with Gasteiger partial charge in [-0.1, -0.05) is 6.07 Å². The van der Waals surface area contributed by atoms with E-state index in [-0.39, 0.29) is 0 Å². The summed E-state index contributed by atoms with van der Waals surface area (Å²) in [4.78, 5) is 12.4. The van der Waals surface area contributed by atoms with Crippen LogP contribution >= 0.6 is 0 Å². The van der Waals surface area contributed by atoms with Gasteiger partial charge in [0, 0.05) is 13.1 Å². The van der Waals surface area contributed by atoms with Gasteiger partial charge in [0.2, 0.25) is 0 Å². The molecular weight excluding hydrogens is 324 g/mol. The molecule has 1 aliphatic rings. The minimum Gasteiger partial charge on any atom is -0.330 e. The molecule has 0 fully saturated rings. The molecular formula is C20H38N6. The zero-order chi connectivity index (χ0) is 18.6. The summed E-state index contributed by atoms with van der Waals surface area (Å²) in [5.74, 6) is 0. The molecule has 4 N–H and O–H groups in total. The fraction of sp³-hybridized carbons (Fsp3) is 0.750. The maximum absolute atomic E-state index is 5.73. The second-order valence-electron chi connectivity index (χ2n) is 7.47. The van der Waals surface area contributed by atoms with Crippen LogP contribution in [0.1, 0.15) is 37.1 Å². The lowest BCUT2D eigenvalue weighted by molar-refractivity contribution is 0.213. The van der Waals surface area contributed by atoms with Crippen molar-refractivity contribution in [3.63, 3.8) is 0 Å². The zero-order valence-electron chi connectivity index (χ0n) is 16.6. The summed E-state index contributed by atoms with van der Waals surface area (Å²) in [5, 5.41) is 0. The highest BCUT2D eigenvalue weighted by atomic mass is 15.2. The summed E-state index contributed by atoms with van der Waals surface area (Å²) < 4.78 is 0. The van der Waals surface area contributed by atoms with Gasteiger partial charge in [0.05, 0.1) is 11.4 Å². The van der Waals surface area contributed by atoms with E-state index >= 15 is 0 Å². The highest BCUT2D eigenvalue weighted by Crippen LogP contribution is 2.10. The van der Waals surface area contributed by atoms with Gasteiger partial charge in [-0.25, -0.2) is 0 Å². The topological polar surface area (TPSA) is 74.7 Å². The van der Waals surface area contributed by atoms with Gasteiger partial charge in [-0.05, 0) is 97.2 Å². The smallest absolute Gasteiger partial charge is 0.0547 e. The Morgan fingerprint density at radius 2 is 1.35 bits per heavy atom. The standard InChI is InChI=1S/C20H38N6/c1-24-11-5-15-25(13-3-9-21)17-19-7-2-8-20(23-19)18-26(14-4-10-22)16-6-12-24/h2,7-8H,3-6,9-18,21-22H2,1H3. The van der Waals surface area contributed by atoms with Crippen molar-refractivity contribution in [3.8, 4) is 0 Å². The van der Waals surface area contributed by atoms with Gasteiger partial charge in [-0.15, -0.1) is 0 Å². The number of pyridine rings is 1. The minimum absolute atomic E-state index is 0.750. The predicted octanol–water partition coefficient (Wildman–Crippen LogP) is 1.11. The summed E-state index contributed by atoms with van der Waals surface area (Å²) in [6.07, 6.45) is 4.47. The largest absolute Gasteiger partial charge is 0.330 e. The first kappa shape index (κ1) is 21.3. The van der Waals surface area contributed by atoms with Crippen LogP contribution in [0.4, 0.5) is 0 Å². The van der Waals surface area contributed by atoms with Gasteiger partial charge in [0.1, 0.15) is 0 Å². The molecule has 0 saturated carbocycles. The van der Waals surface area contributed by atoms with E-state index in [0.717, 1.165) is 78.3 Å². The van der Waals surface area contributed by atoms with E-state index in [4.69, 9.17) is 16.5 Å². The molecule has 2 bridgehead atoms. The molecule has 0 saturated heterocycles. The van der Waals surface area contributed by atoms with Crippen molar-refractivity contribution in [1.29, 1.82) is 0 Å². The maximum Gasteiger partial charge on any atom is 0.0547 e. The monoisotopic (exact) mass is 362 g/mol. The van der Waals surface area contributed by atoms with Crippen molar-refractivity contribution >= 4 is 0 Å². The van der Waals surface area contributed by atoms with Crippen molar-refractivity contribution in [1.82, 2.24) is 19.7 Å². The number of aromatic nitrogens is 1. The summed E-state index contributed by atoms with van der Waals surface area (Å²) in [5.41, 5.74) is 13.8. The Morgan fingerprint density at radius 3 is 1.81 bits per heavy atom. The van der Waals surface area contributed by atoms with Gasteiger partial charge < -0.3 is 16.4 Å². The molecule has 6 heteroatoms. The molecule has 0 radical (unpaired) electrons. The molecule has 148 valence electrons. The molecule has 1 aromatic heterocycles. The normalized spacial score (nSPS) is 19.3. The third-order valence-corrected chi connectivity index (χ3v) is 5.02. The van der Waals surface area contributed by atoms with E-state index in [9.17, 15) is 0 Å². The number of nitrogens with zero attached hydrogens (tertiary/aromatic N) is 4. The molecule has 0 unspecified atom stereocenters. The number of hydrogen-bond acceptors (Lipinski definition) is 6. The molecule has 2 rings (SSSR count). The van der Waals surface area contributed by atoms with Crippen LogP contribution in [-0.2, 0) is 13.1 Å². The van der Waals surface area contributed by atoms with Gasteiger partial charge in [0.25, 0.3) is 0 Å². The predicted molar refractivity (Wildman–Crippen MR) is 109 cm³/mol. The van der Waals surface area contributed by atoms with Gasteiger partial charge in [-0.3, -0.25) is 14.8 Å². The van der Waals surface area contributed by atoms with Gasteiger partial charge in [0.15, 0.2) is 0 Å². The van der Waals surface area contributed by atoms with E-state index in [1.807, 2.05) is 0 Å². The quantitative estimate of drug-likeness (QED) is 0.790. The highest BCUT2D eigenvalue weighted by Gasteiger charge is 2.12. The fourth-order valence-corrected chi connectivity index (χ4v) is 3.57. The average molecular weight is 363 g/mol. The number of rotatable bonds is 6. The van der Waals surface area contributed by atoms with Crippen molar-refractivity contribution < 1.29 is 0 Å². The molecule has 0 atom stereocenters. The third kappa shape index (κ3) is 8.10. The van der Waals surface area contributed by atoms with E-state index in [1.165, 1.54) is 24.2 Å². The van der Waals surface area contributed by atoms with Crippen LogP contribution in [0.5, 0.6) is 0 Å². The van der Waals surface area contributed by atoms with Crippen LogP contribution in [0, 0.1) is 0 Å². The van der Waals surface area contributed by atoms with Gasteiger partial charge >= 0.3 is 0 Å². The van der Waals surface area contributed by atoms with Crippen LogP contribution in [0.15, 0.2) is 18.2 Å². The molecule has 0 aromatic carbocycles. The van der Waals surface area contributed by atoms with Crippen LogP contribution in [0.25, 0.3) is 0 Å². The van der Waals surface area contributed by atoms with E-state index in [2.05, 4.69) is 39.9 Å². The summed E-state index contributed by atoms with van der Waals surface area (Å²) in [6, 6.07) is 6.46. The summed E-state index contributed by atoms with van der Waals surface area (Å²) >= 11 is 0. The Balaban J connectivity index is 2.09. The Morgan fingerprint density at radius 1 is 0.846 bits per heavy atom. The van der Waals surface area contributed by atoms with Crippen LogP contribution in [0.2, 0.25) is 0 Å². The maximum atomic E-state index is 5.73. The molecule has 1 aliphatic heterocycles. The minimum atomic E-state index is 0.750. The van der Waals surface area contributed by atoms with Crippen molar-refractivity contribution in [2.24, 2.45) is 11.5 Å². The van der Waals surface area contributed by atoms with Crippen molar-refractivity contribution in [2.45, 2.75) is 38.8 Å². The fourth-order valence-electron chi connectivity index (χ4n) is 3.57. The molecule has 6 nitrogen and oxygen atoms in total. The lowest BCUT2D eigenvalue weighted by Gasteiger charge is -2.27. The van der Waals surface area contributed by atoms with Crippen LogP contribution in [-0.4, -0.2) is 79.1 Å². The first-order valence-corrected chi connectivity index (χ1v) is 10.2. The number of nitrogens with two attached hydrogens (primary N) is 2. The molecule has 0 aliphatic carbocycles. The third-order valence-electron chi connectivity index (χ3n) is 5.02. The Kier molecular flexibility index (Phi) is 10.1. The molecule has 1 aromatic rings. The lowest BCUT2D eigenvalue weighted by atomic mass is 10.2. The lowest BCUT2D eigenvalue weighted by Crippen LogP contribution is -2.33. The Bertz CT molecular complexity index is 456. The molecule has 0 amide bonds. The SMILES string of the molecule is CN1CCCN(CCCN)Cc2cccc(n2)CN(CCCN)CCC1. The number of fused-ring (bicyclic) bond motifs is 2. The zero-order valence-corrected chi connectivity index (χ0v) is 16.6. The second-order valence-corrected chi connectivity index (χ2v) is 7.47. The second kappa shape index (κ2) is 12.4. The summed E-state index contributed by atoms with van der Waals surface area (Å²) in [7, 11) is 2.24. The Labute approximate surface area is 159 Å². The van der Waals surface area contributed by atoms with E-state index < -0.39 is 0 Å². The Hall–Kier alpha value is -1.05. The molecule has 26 heavy (non-hydrogen) atoms. The van der Waals surface area contributed by atoms with E-state index in [1.54, 1.807) is 0 Å². The summed E-state index contributed by atoms with van der Waals surface area (Å²) in [6.45, 7) is 9.95. The van der Waals surface area contributed by atoms with E-state index in [0.29, 0.717) is 0 Å². The number of hydrogen-bond donors (Lipinski definition) is 2. The van der Waals surface area contributed by atoms with Crippen LogP contribution < -0.4 is 11.5 Å². The first-order chi connectivity index (χ1) is 12.7. The average Bonchev–Trinajstić information content (AvgIpc) is 2.63. The van der Waals surface area contributed by atoms with Crippen LogP contribution in [0.3, 0.4) is 0 Å². The molecule has 2 heterocycles.